The van der Waals surface area contributed by atoms with Gasteiger partial charge in [-0.3, -0.25) is 14.2 Å². The molecule has 0 radical (unpaired) electrons. The van der Waals surface area contributed by atoms with Gasteiger partial charge in [-0.05, 0) is 37.3 Å². The summed E-state index contributed by atoms with van der Waals surface area (Å²) in [5.41, 5.74) is -0.351. The highest BCUT2D eigenvalue weighted by Crippen LogP contribution is 2.25. The molecular weight excluding hydrogens is 456 g/mol. The fourth-order valence-corrected chi connectivity index (χ4v) is 5.70. The maximum absolute atomic E-state index is 13.0. The van der Waals surface area contributed by atoms with E-state index < -0.39 is 21.3 Å². The number of nitrogens with one attached hydrogen (secondary N) is 1. The molecule has 11 heteroatoms. The Balaban J connectivity index is 1.54. The van der Waals surface area contributed by atoms with E-state index in [4.69, 9.17) is 11.6 Å². The number of benzene rings is 2. The summed E-state index contributed by atoms with van der Waals surface area (Å²) in [6.45, 7) is 2.61. The number of rotatable bonds is 4. The third-order valence-corrected chi connectivity index (χ3v) is 7.92. The molecule has 0 spiro atoms. The number of aromatic amines is 1. The highest BCUT2D eigenvalue weighted by molar-refractivity contribution is 7.89. The molecule has 9 nitrogen and oxygen atoms in total. The van der Waals surface area contributed by atoms with Crippen molar-refractivity contribution in [1.29, 1.82) is 0 Å². The summed E-state index contributed by atoms with van der Waals surface area (Å²) in [6, 6.07) is 10.8. The average molecular weight is 477 g/mol. The minimum Gasteiger partial charge on any atom is -0.336 e. The Morgan fingerprint density at radius 2 is 1.75 bits per heavy atom. The molecule has 1 amide bonds. The molecule has 2 heterocycles. The number of hydrogen-bond donors (Lipinski definition) is 1. The summed E-state index contributed by atoms with van der Waals surface area (Å²) in [5, 5.41) is 0.469. The van der Waals surface area contributed by atoms with Gasteiger partial charge in [0.25, 0.3) is 11.5 Å². The molecule has 0 unspecified atom stereocenters. The SMILES string of the molecule is CCn1c(=O)[nH]c2cc(C(=O)N3CCN(S(=O)(=O)c4ccccc4Cl)CC3)ccc2c1=O. The van der Waals surface area contributed by atoms with Crippen LogP contribution in [0.2, 0.25) is 5.02 Å². The number of piperazine rings is 1. The van der Waals surface area contributed by atoms with E-state index in [2.05, 4.69) is 4.98 Å². The molecule has 1 aliphatic rings. The third kappa shape index (κ3) is 3.85. The number of fused-ring (bicyclic) bond motifs is 1. The fourth-order valence-electron chi connectivity index (χ4n) is 3.78. The number of hydrogen-bond acceptors (Lipinski definition) is 5. The summed E-state index contributed by atoms with van der Waals surface area (Å²) in [7, 11) is -3.76. The van der Waals surface area contributed by atoms with Gasteiger partial charge in [-0.2, -0.15) is 4.31 Å². The second-order valence-electron chi connectivity index (χ2n) is 7.37. The number of amides is 1. The van der Waals surface area contributed by atoms with Crippen molar-refractivity contribution in [2.24, 2.45) is 0 Å². The Morgan fingerprint density at radius 1 is 1.06 bits per heavy atom. The van der Waals surface area contributed by atoms with Crippen LogP contribution in [-0.4, -0.2) is 59.3 Å². The van der Waals surface area contributed by atoms with Crippen molar-refractivity contribution in [3.8, 4) is 0 Å². The highest BCUT2D eigenvalue weighted by Gasteiger charge is 2.31. The zero-order chi connectivity index (χ0) is 23.0. The zero-order valence-corrected chi connectivity index (χ0v) is 18.8. The standard InChI is InChI=1S/C21H21ClN4O5S/c1-2-26-20(28)15-8-7-14(13-17(15)23-21(26)29)19(27)24-9-11-25(12-10-24)32(30,31)18-6-4-3-5-16(18)22/h3-8,13H,2,9-12H2,1H3,(H,23,29). The minimum atomic E-state index is -3.76. The van der Waals surface area contributed by atoms with Crippen molar-refractivity contribution in [1.82, 2.24) is 18.8 Å². The van der Waals surface area contributed by atoms with E-state index in [1.54, 1.807) is 24.0 Å². The molecule has 1 N–H and O–H groups in total. The van der Waals surface area contributed by atoms with Gasteiger partial charge < -0.3 is 9.88 Å². The van der Waals surface area contributed by atoms with E-state index >= 15 is 0 Å². The molecule has 1 saturated heterocycles. The Hall–Kier alpha value is -2.95. The van der Waals surface area contributed by atoms with E-state index in [0.29, 0.717) is 10.9 Å². The number of sulfonamides is 1. The predicted octanol–water partition coefficient (Wildman–Crippen LogP) is 1.51. The first kappa shape index (κ1) is 22.3. The maximum Gasteiger partial charge on any atom is 0.328 e. The summed E-state index contributed by atoms with van der Waals surface area (Å²) in [4.78, 5) is 41.7. The van der Waals surface area contributed by atoms with Crippen LogP contribution >= 0.6 is 11.6 Å². The van der Waals surface area contributed by atoms with Crippen molar-refractivity contribution >= 4 is 38.4 Å². The lowest BCUT2D eigenvalue weighted by atomic mass is 10.1. The van der Waals surface area contributed by atoms with Gasteiger partial charge in [0.15, 0.2) is 0 Å². The summed E-state index contributed by atoms with van der Waals surface area (Å²) >= 11 is 6.06. The first-order chi connectivity index (χ1) is 15.2. The third-order valence-electron chi connectivity index (χ3n) is 5.53. The Morgan fingerprint density at radius 3 is 2.41 bits per heavy atom. The minimum absolute atomic E-state index is 0.0395. The summed E-state index contributed by atoms with van der Waals surface area (Å²) in [6.07, 6.45) is 0. The number of carbonyl (C=O) groups is 1. The molecule has 0 saturated carbocycles. The van der Waals surface area contributed by atoms with Crippen molar-refractivity contribution in [2.45, 2.75) is 18.4 Å². The number of aromatic nitrogens is 2. The van der Waals surface area contributed by atoms with Gasteiger partial charge in [-0.25, -0.2) is 13.2 Å². The molecule has 1 aromatic heterocycles. The van der Waals surface area contributed by atoms with Crippen LogP contribution in [0.1, 0.15) is 17.3 Å². The van der Waals surface area contributed by atoms with Crippen molar-refractivity contribution in [3.63, 3.8) is 0 Å². The highest BCUT2D eigenvalue weighted by atomic mass is 35.5. The predicted molar refractivity (Wildman–Crippen MR) is 121 cm³/mol. The first-order valence-electron chi connectivity index (χ1n) is 10.0. The van der Waals surface area contributed by atoms with E-state index in [1.807, 2.05) is 0 Å². The van der Waals surface area contributed by atoms with E-state index in [0.717, 1.165) is 4.57 Å². The largest absolute Gasteiger partial charge is 0.336 e. The summed E-state index contributed by atoms with van der Waals surface area (Å²) in [5.74, 6) is -0.304. The van der Waals surface area contributed by atoms with Crippen molar-refractivity contribution < 1.29 is 13.2 Å². The molecule has 4 rings (SSSR count). The van der Waals surface area contributed by atoms with Crippen LogP contribution < -0.4 is 11.2 Å². The smallest absolute Gasteiger partial charge is 0.328 e. The molecule has 1 fully saturated rings. The monoisotopic (exact) mass is 476 g/mol. The summed E-state index contributed by atoms with van der Waals surface area (Å²) < 4.78 is 28.2. The van der Waals surface area contributed by atoms with Gasteiger partial charge in [-0.15, -0.1) is 0 Å². The molecule has 168 valence electrons. The number of nitrogens with zero attached hydrogens (tertiary/aromatic N) is 3. The van der Waals surface area contributed by atoms with Crippen LogP contribution in [0, 0.1) is 0 Å². The van der Waals surface area contributed by atoms with E-state index in [-0.39, 0.29) is 54.1 Å². The van der Waals surface area contributed by atoms with Crippen molar-refractivity contribution in [2.75, 3.05) is 26.2 Å². The Bertz CT molecular complexity index is 1420. The zero-order valence-electron chi connectivity index (χ0n) is 17.2. The van der Waals surface area contributed by atoms with E-state index in [9.17, 15) is 22.8 Å². The van der Waals surface area contributed by atoms with Crippen LogP contribution in [0.5, 0.6) is 0 Å². The first-order valence-corrected chi connectivity index (χ1v) is 11.9. The molecule has 0 bridgehead atoms. The van der Waals surface area contributed by atoms with Crippen molar-refractivity contribution in [3.05, 3.63) is 73.9 Å². The normalized spacial score (nSPS) is 15.2. The average Bonchev–Trinajstić information content (AvgIpc) is 2.78. The lowest BCUT2D eigenvalue weighted by molar-refractivity contribution is 0.0698. The molecule has 3 aromatic rings. The van der Waals surface area contributed by atoms with Crippen LogP contribution in [0.15, 0.2) is 56.9 Å². The topological polar surface area (TPSA) is 113 Å². The fraction of sp³-hybridized carbons (Fsp3) is 0.286. The van der Waals surface area contributed by atoms with Gasteiger partial charge in [0, 0.05) is 38.3 Å². The molecule has 32 heavy (non-hydrogen) atoms. The van der Waals surface area contributed by atoms with E-state index in [1.165, 1.54) is 34.6 Å². The lowest BCUT2D eigenvalue weighted by Gasteiger charge is -2.34. The maximum atomic E-state index is 13.0. The van der Waals surface area contributed by atoms with Crippen LogP contribution in [0.3, 0.4) is 0 Å². The second kappa shape index (κ2) is 8.53. The number of carbonyl (C=O) groups excluding carboxylic acids is 1. The number of H-pyrrole nitrogens is 1. The van der Waals surface area contributed by atoms with Crippen LogP contribution in [0.4, 0.5) is 0 Å². The van der Waals surface area contributed by atoms with Gasteiger partial charge >= 0.3 is 5.69 Å². The van der Waals surface area contributed by atoms with Gasteiger partial charge in [0.05, 0.1) is 15.9 Å². The number of halogens is 1. The van der Waals surface area contributed by atoms with Crippen LogP contribution in [-0.2, 0) is 16.6 Å². The molecule has 2 aromatic carbocycles. The molecule has 0 aliphatic carbocycles. The van der Waals surface area contributed by atoms with Gasteiger partial charge in [-0.1, -0.05) is 23.7 Å². The lowest BCUT2D eigenvalue weighted by Crippen LogP contribution is -2.50. The quantitative estimate of drug-likeness (QED) is 0.613. The molecular formula is C21H21ClN4O5S. The van der Waals surface area contributed by atoms with Gasteiger partial charge in [0.1, 0.15) is 4.90 Å². The Kier molecular flexibility index (Phi) is 5.93. The second-order valence-corrected chi connectivity index (χ2v) is 9.68. The molecule has 0 atom stereocenters. The molecule has 1 aliphatic heterocycles. The Labute approximate surface area is 188 Å². The van der Waals surface area contributed by atoms with Crippen LogP contribution in [0.25, 0.3) is 10.9 Å². The van der Waals surface area contributed by atoms with Gasteiger partial charge in [0.2, 0.25) is 10.0 Å².